The number of hydrogen-bond acceptors (Lipinski definition) is 3. The normalized spacial score (nSPS) is 12.3. The van der Waals surface area contributed by atoms with E-state index >= 15 is 0 Å². The number of aliphatic carboxylic acids is 1. The number of aliphatic hydroxyl groups excluding tert-OH is 1. The number of methoxy groups -OCH3 is 1. The number of benzene rings is 1. The van der Waals surface area contributed by atoms with Crippen molar-refractivity contribution in [3.05, 3.63) is 29.1 Å². The summed E-state index contributed by atoms with van der Waals surface area (Å²) in [6.45, 7) is 1.57. The molecule has 0 spiro atoms. The Bertz CT molecular complexity index is 389. The molecular formula is C10H11FO4. The molecule has 1 aromatic rings. The molecule has 15 heavy (non-hydrogen) atoms. The van der Waals surface area contributed by atoms with Gasteiger partial charge in [0.1, 0.15) is 0 Å². The molecule has 0 fully saturated rings. The second-order valence-electron chi connectivity index (χ2n) is 3.05. The number of hydrogen-bond donors (Lipinski definition) is 2. The molecule has 1 rings (SSSR count). The van der Waals surface area contributed by atoms with Gasteiger partial charge in [0.2, 0.25) is 0 Å². The quantitative estimate of drug-likeness (QED) is 0.794. The molecule has 82 valence electrons. The van der Waals surface area contributed by atoms with Crippen LogP contribution in [0.3, 0.4) is 0 Å². The average molecular weight is 214 g/mol. The first-order valence-corrected chi connectivity index (χ1v) is 4.23. The number of aliphatic hydroxyl groups is 1. The maximum atomic E-state index is 13.2. The molecule has 0 aliphatic carbocycles. The van der Waals surface area contributed by atoms with Crippen LogP contribution in [-0.4, -0.2) is 23.3 Å². The summed E-state index contributed by atoms with van der Waals surface area (Å²) < 4.78 is 18.0. The summed E-state index contributed by atoms with van der Waals surface area (Å²) >= 11 is 0. The van der Waals surface area contributed by atoms with Crippen LogP contribution < -0.4 is 4.74 Å². The van der Waals surface area contributed by atoms with Crippen molar-refractivity contribution >= 4 is 5.97 Å². The minimum Gasteiger partial charge on any atom is -0.493 e. The Morgan fingerprint density at radius 1 is 1.53 bits per heavy atom. The van der Waals surface area contributed by atoms with Gasteiger partial charge >= 0.3 is 5.97 Å². The molecule has 0 aliphatic heterocycles. The molecule has 0 amide bonds. The Balaban J connectivity index is 3.37. The van der Waals surface area contributed by atoms with Crippen molar-refractivity contribution in [3.63, 3.8) is 0 Å². The van der Waals surface area contributed by atoms with E-state index in [9.17, 15) is 14.3 Å². The monoisotopic (exact) mass is 214 g/mol. The van der Waals surface area contributed by atoms with Crippen LogP contribution in [0.4, 0.5) is 4.39 Å². The summed E-state index contributed by atoms with van der Waals surface area (Å²) in [6.07, 6.45) is -1.78. The number of carbonyl (C=O) groups is 1. The summed E-state index contributed by atoms with van der Waals surface area (Å²) in [5.41, 5.74) is 0.410. The molecule has 0 saturated carbocycles. The Kier molecular flexibility index (Phi) is 3.26. The van der Waals surface area contributed by atoms with Gasteiger partial charge in [-0.25, -0.2) is 9.18 Å². The highest BCUT2D eigenvalue weighted by atomic mass is 19.1. The van der Waals surface area contributed by atoms with Crippen LogP contribution in [0.2, 0.25) is 0 Å². The van der Waals surface area contributed by atoms with E-state index in [0.717, 1.165) is 6.07 Å². The maximum Gasteiger partial charge on any atom is 0.337 e. The summed E-state index contributed by atoms with van der Waals surface area (Å²) in [5, 5.41) is 18.0. The highest BCUT2D eigenvalue weighted by Gasteiger charge is 2.24. The Morgan fingerprint density at radius 2 is 2.13 bits per heavy atom. The molecule has 1 aromatic carbocycles. The number of ether oxygens (including phenoxy) is 1. The molecule has 0 bridgehead atoms. The zero-order valence-corrected chi connectivity index (χ0v) is 8.32. The van der Waals surface area contributed by atoms with Crippen LogP contribution in [-0.2, 0) is 4.79 Å². The lowest BCUT2D eigenvalue weighted by molar-refractivity contribution is -0.147. The fraction of sp³-hybridized carbons (Fsp3) is 0.300. The molecule has 5 heteroatoms. The number of aryl methyl sites for hydroxylation is 1. The van der Waals surface area contributed by atoms with Crippen molar-refractivity contribution in [1.29, 1.82) is 0 Å². The zero-order valence-electron chi connectivity index (χ0n) is 8.32. The Hall–Kier alpha value is -1.62. The van der Waals surface area contributed by atoms with Gasteiger partial charge in [0.25, 0.3) is 0 Å². The Labute approximate surface area is 85.9 Å². The van der Waals surface area contributed by atoms with E-state index in [-0.39, 0.29) is 11.3 Å². The van der Waals surface area contributed by atoms with E-state index < -0.39 is 17.9 Å². The van der Waals surface area contributed by atoms with Gasteiger partial charge in [0.05, 0.1) is 7.11 Å². The van der Waals surface area contributed by atoms with Gasteiger partial charge in [-0.2, -0.15) is 0 Å². The molecule has 1 unspecified atom stereocenters. The molecule has 2 N–H and O–H groups in total. The molecule has 4 nitrogen and oxygen atoms in total. The van der Waals surface area contributed by atoms with E-state index in [1.165, 1.54) is 13.2 Å². The summed E-state index contributed by atoms with van der Waals surface area (Å²) in [7, 11) is 1.22. The van der Waals surface area contributed by atoms with Gasteiger partial charge < -0.3 is 14.9 Å². The minimum atomic E-state index is -1.78. The molecule has 0 saturated heterocycles. The molecule has 0 radical (unpaired) electrons. The van der Waals surface area contributed by atoms with Crippen molar-refractivity contribution in [2.45, 2.75) is 13.0 Å². The van der Waals surface area contributed by atoms with Crippen LogP contribution in [0.1, 0.15) is 17.2 Å². The number of carboxylic acids is 1. The summed E-state index contributed by atoms with van der Waals surface area (Å²) in [4.78, 5) is 10.6. The minimum absolute atomic E-state index is 0.0509. The van der Waals surface area contributed by atoms with Gasteiger partial charge in [-0.05, 0) is 18.6 Å². The number of rotatable bonds is 3. The Morgan fingerprint density at radius 3 is 2.60 bits per heavy atom. The van der Waals surface area contributed by atoms with Gasteiger partial charge in [-0.1, -0.05) is 6.07 Å². The second-order valence-corrected chi connectivity index (χ2v) is 3.05. The highest BCUT2D eigenvalue weighted by molar-refractivity contribution is 5.76. The van der Waals surface area contributed by atoms with Crippen molar-refractivity contribution in [3.8, 4) is 5.75 Å². The third-order valence-corrected chi connectivity index (χ3v) is 2.08. The van der Waals surface area contributed by atoms with E-state index in [1.54, 1.807) is 6.92 Å². The second kappa shape index (κ2) is 4.27. The highest BCUT2D eigenvalue weighted by Crippen LogP contribution is 2.31. The molecular weight excluding hydrogens is 203 g/mol. The van der Waals surface area contributed by atoms with Crippen LogP contribution in [0.15, 0.2) is 12.1 Å². The molecule has 0 heterocycles. The van der Waals surface area contributed by atoms with E-state index in [2.05, 4.69) is 0 Å². The molecule has 1 atom stereocenters. The van der Waals surface area contributed by atoms with Crippen LogP contribution >= 0.6 is 0 Å². The smallest absolute Gasteiger partial charge is 0.337 e. The van der Waals surface area contributed by atoms with Crippen molar-refractivity contribution in [1.82, 2.24) is 0 Å². The third kappa shape index (κ3) is 2.07. The zero-order chi connectivity index (χ0) is 11.6. The van der Waals surface area contributed by atoms with Gasteiger partial charge in [0.15, 0.2) is 17.7 Å². The first kappa shape index (κ1) is 11.5. The summed E-state index contributed by atoms with van der Waals surface area (Å²) in [6, 6.07) is 2.55. The third-order valence-electron chi connectivity index (χ3n) is 2.08. The first-order chi connectivity index (χ1) is 6.99. The number of carboxylic acid groups (broad SMARTS) is 1. The van der Waals surface area contributed by atoms with Crippen molar-refractivity contribution < 1.29 is 24.1 Å². The predicted octanol–water partition coefficient (Wildman–Crippen LogP) is 1.26. The topological polar surface area (TPSA) is 66.8 Å². The largest absolute Gasteiger partial charge is 0.493 e. The first-order valence-electron chi connectivity index (χ1n) is 4.23. The van der Waals surface area contributed by atoms with E-state index in [4.69, 9.17) is 9.84 Å². The average Bonchev–Trinajstić information content (AvgIpc) is 2.19. The lowest BCUT2D eigenvalue weighted by Gasteiger charge is -2.14. The SMILES string of the molecule is COc1c(F)ccc(C)c1C(O)C(=O)O. The van der Waals surface area contributed by atoms with Gasteiger partial charge in [-0.15, -0.1) is 0 Å². The predicted molar refractivity (Wildman–Crippen MR) is 50.3 cm³/mol. The van der Waals surface area contributed by atoms with Crippen LogP contribution in [0, 0.1) is 12.7 Å². The fourth-order valence-corrected chi connectivity index (χ4v) is 1.34. The lowest BCUT2D eigenvalue weighted by atomic mass is 10.0. The van der Waals surface area contributed by atoms with E-state index in [0.29, 0.717) is 5.56 Å². The van der Waals surface area contributed by atoms with Crippen molar-refractivity contribution in [2.24, 2.45) is 0 Å². The van der Waals surface area contributed by atoms with E-state index in [1.807, 2.05) is 0 Å². The molecule has 0 aromatic heterocycles. The lowest BCUT2D eigenvalue weighted by Crippen LogP contribution is -2.14. The van der Waals surface area contributed by atoms with Crippen LogP contribution in [0.25, 0.3) is 0 Å². The summed E-state index contributed by atoms with van der Waals surface area (Å²) in [5.74, 6) is -2.37. The number of halogens is 1. The van der Waals surface area contributed by atoms with Crippen molar-refractivity contribution in [2.75, 3.05) is 7.11 Å². The van der Waals surface area contributed by atoms with Crippen LogP contribution in [0.5, 0.6) is 5.75 Å². The standard InChI is InChI=1S/C10H11FO4/c1-5-3-4-6(11)9(15-2)7(5)8(12)10(13)14/h3-4,8,12H,1-2H3,(H,13,14). The van der Waals surface area contributed by atoms with Gasteiger partial charge in [-0.3, -0.25) is 0 Å². The molecule has 0 aliphatic rings. The fourth-order valence-electron chi connectivity index (χ4n) is 1.34. The maximum absolute atomic E-state index is 13.2. The van der Waals surface area contributed by atoms with Gasteiger partial charge in [0, 0.05) is 5.56 Å².